The molecule has 0 aromatic heterocycles. The van der Waals surface area contributed by atoms with Crippen molar-refractivity contribution in [1.82, 2.24) is 0 Å². The van der Waals surface area contributed by atoms with Crippen molar-refractivity contribution >= 4 is 11.8 Å². The molecule has 1 aliphatic carbocycles. The molecule has 0 saturated heterocycles. The van der Waals surface area contributed by atoms with Gasteiger partial charge in [0.25, 0.3) is 0 Å². The van der Waals surface area contributed by atoms with Gasteiger partial charge in [0.05, 0.1) is 0 Å². The summed E-state index contributed by atoms with van der Waals surface area (Å²) < 4.78 is 0. The van der Waals surface area contributed by atoms with E-state index in [1.165, 1.54) is 28.8 Å². The summed E-state index contributed by atoms with van der Waals surface area (Å²) in [7, 11) is 0. The van der Waals surface area contributed by atoms with Crippen LogP contribution in [0.25, 0.3) is 6.08 Å². The Kier molecular flexibility index (Phi) is 1.12. The van der Waals surface area contributed by atoms with Crippen LogP contribution in [0.2, 0.25) is 0 Å². The van der Waals surface area contributed by atoms with Crippen LogP contribution in [0.1, 0.15) is 16.7 Å². The van der Waals surface area contributed by atoms with E-state index in [2.05, 4.69) is 29.6 Å². The predicted octanol–water partition coefficient (Wildman–Crippen LogP) is 2.22. The van der Waals surface area contributed by atoms with Crippen LogP contribution in [-0.2, 0) is 12.8 Å². The summed E-state index contributed by atoms with van der Waals surface area (Å²) in [5.74, 6) is 0. The summed E-state index contributed by atoms with van der Waals surface area (Å²) in [6.45, 7) is 1.11. The fourth-order valence-corrected chi connectivity index (χ4v) is 2.06. The zero-order valence-corrected chi connectivity index (χ0v) is 6.93. The predicted molar refractivity (Wildman–Crippen MR) is 51.4 cm³/mol. The van der Waals surface area contributed by atoms with E-state index in [-0.39, 0.29) is 0 Å². The number of rotatable bonds is 0. The van der Waals surface area contributed by atoms with Crippen LogP contribution in [0.5, 0.6) is 0 Å². The van der Waals surface area contributed by atoms with Crippen LogP contribution in [0.15, 0.2) is 18.2 Å². The first-order chi connectivity index (χ1) is 5.93. The number of anilines is 1. The normalized spacial score (nSPS) is 17.3. The molecular formula is C11H11N. The maximum Gasteiger partial charge on any atom is 0.0376 e. The Morgan fingerprint density at radius 2 is 2.17 bits per heavy atom. The molecule has 1 aromatic carbocycles. The summed E-state index contributed by atoms with van der Waals surface area (Å²) in [5, 5.41) is 3.40. The molecule has 0 atom stereocenters. The van der Waals surface area contributed by atoms with Gasteiger partial charge in [-0.1, -0.05) is 12.2 Å². The maximum atomic E-state index is 3.40. The van der Waals surface area contributed by atoms with Gasteiger partial charge in [0.15, 0.2) is 0 Å². The standard InChI is InChI=1S/C11H11N/c1-2-8-6-10-4-5-12-11(10)7-9(8)3-1/h1-2,6-7,12H,3-5H2. The quantitative estimate of drug-likeness (QED) is 0.609. The van der Waals surface area contributed by atoms with Gasteiger partial charge >= 0.3 is 0 Å². The molecule has 0 bridgehead atoms. The summed E-state index contributed by atoms with van der Waals surface area (Å²) >= 11 is 0. The molecule has 1 aliphatic heterocycles. The molecule has 3 rings (SSSR count). The Balaban J connectivity index is 2.23. The Morgan fingerprint density at radius 3 is 3.17 bits per heavy atom. The molecule has 60 valence electrons. The molecule has 1 heteroatoms. The third kappa shape index (κ3) is 0.737. The average molecular weight is 157 g/mol. The minimum absolute atomic E-state index is 1.11. The van der Waals surface area contributed by atoms with E-state index >= 15 is 0 Å². The molecule has 0 unspecified atom stereocenters. The first-order valence-corrected chi connectivity index (χ1v) is 4.50. The minimum Gasteiger partial charge on any atom is -0.384 e. The third-order valence-electron chi connectivity index (χ3n) is 2.71. The smallest absolute Gasteiger partial charge is 0.0376 e. The second-order valence-corrected chi connectivity index (χ2v) is 3.49. The molecule has 1 nitrogen and oxygen atoms in total. The lowest BCUT2D eigenvalue weighted by atomic mass is 10.0. The summed E-state index contributed by atoms with van der Waals surface area (Å²) in [6.07, 6.45) is 6.77. The second-order valence-electron chi connectivity index (χ2n) is 3.49. The van der Waals surface area contributed by atoms with Crippen molar-refractivity contribution in [3.8, 4) is 0 Å². The van der Waals surface area contributed by atoms with Crippen LogP contribution < -0.4 is 5.32 Å². The third-order valence-corrected chi connectivity index (χ3v) is 2.71. The fourth-order valence-electron chi connectivity index (χ4n) is 2.06. The minimum atomic E-state index is 1.11. The highest BCUT2D eigenvalue weighted by molar-refractivity contribution is 5.68. The van der Waals surface area contributed by atoms with Crippen molar-refractivity contribution in [2.45, 2.75) is 12.8 Å². The Bertz CT molecular complexity index is 363. The van der Waals surface area contributed by atoms with Gasteiger partial charge in [-0.2, -0.15) is 0 Å². The summed E-state index contributed by atoms with van der Waals surface area (Å²) in [5.41, 5.74) is 5.75. The van der Waals surface area contributed by atoms with Crippen molar-refractivity contribution < 1.29 is 0 Å². The van der Waals surface area contributed by atoms with Crippen molar-refractivity contribution in [1.29, 1.82) is 0 Å². The lowest BCUT2D eigenvalue weighted by Gasteiger charge is -2.03. The van der Waals surface area contributed by atoms with Gasteiger partial charge in [-0.3, -0.25) is 0 Å². The Labute approximate surface area is 72.1 Å². The van der Waals surface area contributed by atoms with E-state index < -0.39 is 0 Å². The van der Waals surface area contributed by atoms with Gasteiger partial charge in [-0.15, -0.1) is 0 Å². The molecule has 1 aromatic rings. The largest absolute Gasteiger partial charge is 0.384 e. The molecule has 0 saturated carbocycles. The highest BCUT2D eigenvalue weighted by atomic mass is 14.9. The molecule has 0 radical (unpaired) electrons. The van der Waals surface area contributed by atoms with Crippen LogP contribution in [0.3, 0.4) is 0 Å². The van der Waals surface area contributed by atoms with Gasteiger partial charge in [0.2, 0.25) is 0 Å². The first kappa shape index (κ1) is 6.30. The first-order valence-electron chi connectivity index (χ1n) is 4.50. The Hall–Kier alpha value is -1.24. The van der Waals surface area contributed by atoms with E-state index in [1.807, 2.05) is 0 Å². The zero-order chi connectivity index (χ0) is 7.97. The molecule has 1 N–H and O–H groups in total. The van der Waals surface area contributed by atoms with Crippen LogP contribution in [-0.4, -0.2) is 6.54 Å². The maximum absolute atomic E-state index is 3.40. The fraction of sp³-hybridized carbons (Fsp3) is 0.273. The van der Waals surface area contributed by atoms with Gasteiger partial charge in [-0.25, -0.2) is 0 Å². The second kappa shape index (κ2) is 2.13. The SMILES string of the molecule is C1=Cc2cc3c(cc2C1)NCC3. The topological polar surface area (TPSA) is 12.0 Å². The van der Waals surface area contributed by atoms with Crippen LogP contribution in [0, 0.1) is 0 Å². The van der Waals surface area contributed by atoms with E-state index in [4.69, 9.17) is 0 Å². The molecule has 0 amide bonds. The van der Waals surface area contributed by atoms with E-state index in [0.717, 1.165) is 13.0 Å². The number of hydrogen-bond acceptors (Lipinski definition) is 1. The van der Waals surface area contributed by atoms with Crippen molar-refractivity contribution in [2.24, 2.45) is 0 Å². The zero-order valence-electron chi connectivity index (χ0n) is 6.93. The number of hydrogen-bond donors (Lipinski definition) is 1. The molecule has 1 heterocycles. The van der Waals surface area contributed by atoms with E-state index in [9.17, 15) is 0 Å². The number of nitrogens with one attached hydrogen (secondary N) is 1. The number of benzene rings is 1. The monoisotopic (exact) mass is 157 g/mol. The van der Waals surface area contributed by atoms with Gasteiger partial charge in [0.1, 0.15) is 0 Å². The summed E-state index contributed by atoms with van der Waals surface area (Å²) in [6, 6.07) is 4.63. The van der Waals surface area contributed by atoms with E-state index in [1.54, 1.807) is 0 Å². The van der Waals surface area contributed by atoms with Crippen molar-refractivity contribution in [3.05, 3.63) is 34.9 Å². The molecular weight excluding hydrogens is 146 g/mol. The molecule has 0 fully saturated rings. The lowest BCUT2D eigenvalue weighted by Crippen LogP contribution is -1.91. The van der Waals surface area contributed by atoms with Crippen LogP contribution >= 0.6 is 0 Å². The van der Waals surface area contributed by atoms with E-state index in [0.29, 0.717) is 0 Å². The number of allylic oxidation sites excluding steroid dienone is 1. The highest BCUT2D eigenvalue weighted by Gasteiger charge is 2.14. The molecule has 2 aliphatic rings. The van der Waals surface area contributed by atoms with Crippen molar-refractivity contribution in [3.63, 3.8) is 0 Å². The summed E-state index contributed by atoms with van der Waals surface area (Å²) in [4.78, 5) is 0. The highest BCUT2D eigenvalue weighted by Crippen LogP contribution is 2.29. The molecule has 0 spiro atoms. The average Bonchev–Trinajstić information content (AvgIpc) is 2.64. The lowest BCUT2D eigenvalue weighted by molar-refractivity contribution is 1.10. The van der Waals surface area contributed by atoms with Gasteiger partial charge in [0, 0.05) is 12.2 Å². The molecule has 12 heavy (non-hydrogen) atoms. The Morgan fingerprint density at radius 1 is 1.17 bits per heavy atom. The van der Waals surface area contributed by atoms with Crippen LogP contribution in [0.4, 0.5) is 5.69 Å². The number of fused-ring (bicyclic) bond motifs is 2. The van der Waals surface area contributed by atoms with Gasteiger partial charge in [-0.05, 0) is 41.7 Å². The van der Waals surface area contributed by atoms with Crippen molar-refractivity contribution in [2.75, 3.05) is 11.9 Å². The van der Waals surface area contributed by atoms with Gasteiger partial charge < -0.3 is 5.32 Å².